The summed E-state index contributed by atoms with van der Waals surface area (Å²) in [6.45, 7) is 0. The minimum Gasteiger partial charge on any atom is -0.324 e. The highest BCUT2D eigenvalue weighted by atomic mass is 35.5. The molecule has 0 bridgehead atoms. The highest BCUT2D eigenvalue weighted by Crippen LogP contribution is 2.37. The second-order valence-corrected chi connectivity index (χ2v) is 5.63. The molecule has 106 valence electrons. The van der Waals surface area contributed by atoms with Crippen LogP contribution in [-0.2, 0) is 6.18 Å². The van der Waals surface area contributed by atoms with Gasteiger partial charge in [0.1, 0.15) is 0 Å². The number of nitrogens with two attached hydrogens (primary N) is 1. The van der Waals surface area contributed by atoms with Crippen LogP contribution in [-0.4, -0.2) is 0 Å². The summed E-state index contributed by atoms with van der Waals surface area (Å²) in [5.74, 6) is 0.258. The Morgan fingerprint density at radius 2 is 1.74 bits per heavy atom. The van der Waals surface area contributed by atoms with Crippen LogP contribution in [0.2, 0.25) is 5.02 Å². The molecule has 1 atom stereocenters. The molecule has 5 heteroatoms. The lowest BCUT2D eigenvalue weighted by Crippen LogP contribution is -2.24. The first kappa shape index (κ1) is 14.7. The number of alkyl halides is 3. The molecule has 0 radical (unpaired) electrons. The summed E-state index contributed by atoms with van der Waals surface area (Å²) in [7, 11) is 0. The molecule has 1 nitrogen and oxygen atoms in total. The van der Waals surface area contributed by atoms with E-state index in [1.165, 1.54) is 6.42 Å². The SMILES string of the molecule is N[C@H](c1cc(Cl)cc(C(F)(F)F)c1)C1CCCCC1. The molecular formula is C14H17ClF3N. The Morgan fingerprint density at radius 1 is 1.11 bits per heavy atom. The van der Waals surface area contributed by atoms with Gasteiger partial charge < -0.3 is 5.73 Å². The fourth-order valence-corrected chi connectivity index (χ4v) is 2.98. The van der Waals surface area contributed by atoms with Gasteiger partial charge in [-0.25, -0.2) is 0 Å². The van der Waals surface area contributed by atoms with E-state index in [-0.39, 0.29) is 17.0 Å². The van der Waals surface area contributed by atoms with Crippen molar-refractivity contribution >= 4 is 11.6 Å². The molecule has 0 heterocycles. The van der Waals surface area contributed by atoms with Crippen molar-refractivity contribution in [2.24, 2.45) is 11.7 Å². The standard InChI is InChI=1S/C14H17ClF3N/c15-12-7-10(6-11(8-12)14(16,17)18)13(19)9-4-2-1-3-5-9/h6-9,13H,1-5,19H2/t13-/m0/s1. The summed E-state index contributed by atoms with van der Waals surface area (Å²) in [6, 6.07) is 3.26. The van der Waals surface area contributed by atoms with E-state index in [0.29, 0.717) is 5.56 Å². The molecule has 0 spiro atoms. The van der Waals surface area contributed by atoms with E-state index >= 15 is 0 Å². The zero-order valence-corrected chi connectivity index (χ0v) is 11.3. The summed E-state index contributed by atoms with van der Waals surface area (Å²) in [6.07, 6.45) is 0.971. The lowest BCUT2D eigenvalue weighted by atomic mass is 9.81. The van der Waals surface area contributed by atoms with Crippen molar-refractivity contribution < 1.29 is 13.2 Å². The Morgan fingerprint density at radius 3 is 2.32 bits per heavy atom. The van der Waals surface area contributed by atoms with Gasteiger partial charge in [-0.15, -0.1) is 0 Å². The molecule has 0 amide bonds. The monoisotopic (exact) mass is 291 g/mol. The largest absolute Gasteiger partial charge is 0.416 e. The van der Waals surface area contributed by atoms with Crippen LogP contribution in [0.5, 0.6) is 0 Å². The van der Waals surface area contributed by atoms with Gasteiger partial charge in [0.15, 0.2) is 0 Å². The van der Waals surface area contributed by atoms with Gasteiger partial charge in [0.2, 0.25) is 0 Å². The van der Waals surface area contributed by atoms with Crippen molar-refractivity contribution in [3.05, 3.63) is 34.3 Å². The maximum absolute atomic E-state index is 12.8. The third-order valence-electron chi connectivity index (χ3n) is 3.79. The highest BCUT2D eigenvalue weighted by Gasteiger charge is 2.32. The van der Waals surface area contributed by atoms with E-state index in [2.05, 4.69) is 0 Å². The van der Waals surface area contributed by atoms with Crippen LogP contribution in [0.4, 0.5) is 13.2 Å². The van der Waals surface area contributed by atoms with Gasteiger partial charge in [-0.3, -0.25) is 0 Å². The second kappa shape index (κ2) is 5.71. The molecule has 1 aromatic rings. The van der Waals surface area contributed by atoms with Gasteiger partial charge in [-0.1, -0.05) is 30.9 Å². The van der Waals surface area contributed by atoms with E-state index in [0.717, 1.165) is 37.8 Å². The van der Waals surface area contributed by atoms with Crippen molar-refractivity contribution in [3.8, 4) is 0 Å². The molecule has 0 saturated heterocycles. The van der Waals surface area contributed by atoms with Crippen LogP contribution in [0.3, 0.4) is 0 Å². The van der Waals surface area contributed by atoms with Gasteiger partial charge >= 0.3 is 6.18 Å². The van der Waals surface area contributed by atoms with Crippen LogP contribution >= 0.6 is 11.6 Å². The molecular weight excluding hydrogens is 275 g/mol. The summed E-state index contributed by atoms with van der Waals surface area (Å²) in [5.41, 5.74) is 5.90. The number of halogens is 4. The molecule has 19 heavy (non-hydrogen) atoms. The number of rotatable bonds is 2. The van der Waals surface area contributed by atoms with E-state index in [1.807, 2.05) is 0 Å². The molecule has 0 unspecified atom stereocenters. The van der Waals surface area contributed by atoms with Crippen molar-refractivity contribution in [2.75, 3.05) is 0 Å². The average molecular weight is 292 g/mol. The summed E-state index contributed by atoms with van der Waals surface area (Å²) >= 11 is 5.78. The summed E-state index contributed by atoms with van der Waals surface area (Å²) in [4.78, 5) is 0. The van der Waals surface area contributed by atoms with Crippen LogP contribution in [0.1, 0.15) is 49.3 Å². The molecule has 0 aromatic heterocycles. The van der Waals surface area contributed by atoms with Gasteiger partial charge in [0, 0.05) is 11.1 Å². The lowest BCUT2D eigenvalue weighted by molar-refractivity contribution is -0.137. The first-order valence-corrected chi connectivity index (χ1v) is 6.89. The molecule has 1 saturated carbocycles. The van der Waals surface area contributed by atoms with E-state index < -0.39 is 11.7 Å². The van der Waals surface area contributed by atoms with Gasteiger partial charge in [-0.05, 0) is 42.5 Å². The van der Waals surface area contributed by atoms with E-state index in [1.54, 1.807) is 6.07 Å². The summed E-state index contributed by atoms with van der Waals surface area (Å²) < 4.78 is 38.3. The molecule has 1 aliphatic carbocycles. The van der Waals surface area contributed by atoms with E-state index in [4.69, 9.17) is 17.3 Å². The molecule has 1 aromatic carbocycles. The fourth-order valence-electron chi connectivity index (χ4n) is 2.73. The Bertz CT molecular complexity index is 439. The maximum Gasteiger partial charge on any atom is 0.416 e. The molecule has 1 fully saturated rings. The summed E-state index contributed by atoms with van der Waals surface area (Å²) in [5, 5.41) is 0.0936. The Hall–Kier alpha value is -0.740. The van der Waals surface area contributed by atoms with Crippen LogP contribution < -0.4 is 5.73 Å². The number of benzene rings is 1. The quantitative estimate of drug-likeness (QED) is 0.820. The van der Waals surface area contributed by atoms with Gasteiger partial charge in [0.05, 0.1) is 5.56 Å². The fraction of sp³-hybridized carbons (Fsp3) is 0.571. The zero-order valence-electron chi connectivity index (χ0n) is 10.5. The van der Waals surface area contributed by atoms with Crippen molar-refractivity contribution in [1.29, 1.82) is 0 Å². The molecule has 1 aliphatic rings. The van der Waals surface area contributed by atoms with Gasteiger partial charge in [-0.2, -0.15) is 13.2 Å². The third kappa shape index (κ3) is 3.63. The number of hydrogen-bond acceptors (Lipinski definition) is 1. The second-order valence-electron chi connectivity index (χ2n) is 5.19. The Balaban J connectivity index is 2.26. The maximum atomic E-state index is 12.8. The Labute approximate surface area is 115 Å². The first-order valence-electron chi connectivity index (χ1n) is 6.51. The normalized spacial score (nSPS) is 19.4. The Kier molecular flexibility index (Phi) is 4.41. The molecule has 2 N–H and O–H groups in total. The van der Waals surface area contributed by atoms with Crippen LogP contribution in [0.15, 0.2) is 18.2 Å². The minimum absolute atomic E-state index is 0.0936. The van der Waals surface area contributed by atoms with Crippen molar-refractivity contribution in [2.45, 2.75) is 44.3 Å². The predicted octanol–water partition coefficient (Wildman–Crippen LogP) is 4.94. The van der Waals surface area contributed by atoms with Crippen molar-refractivity contribution in [1.82, 2.24) is 0 Å². The minimum atomic E-state index is -4.38. The highest BCUT2D eigenvalue weighted by molar-refractivity contribution is 6.30. The lowest BCUT2D eigenvalue weighted by Gasteiger charge is -2.28. The smallest absolute Gasteiger partial charge is 0.324 e. The topological polar surface area (TPSA) is 26.0 Å². The zero-order chi connectivity index (χ0) is 14.0. The van der Waals surface area contributed by atoms with Gasteiger partial charge in [0.25, 0.3) is 0 Å². The average Bonchev–Trinajstić information content (AvgIpc) is 2.37. The number of hydrogen-bond donors (Lipinski definition) is 1. The first-order chi connectivity index (χ1) is 8.88. The van der Waals surface area contributed by atoms with Crippen LogP contribution in [0, 0.1) is 5.92 Å². The van der Waals surface area contributed by atoms with E-state index in [9.17, 15) is 13.2 Å². The molecule has 0 aliphatic heterocycles. The predicted molar refractivity (Wildman–Crippen MR) is 70.0 cm³/mol. The molecule has 2 rings (SSSR count). The third-order valence-corrected chi connectivity index (χ3v) is 4.01. The van der Waals surface area contributed by atoms with Crippen molar-refractivity contribution in [3.63, 3.8) is 0 Å². The van der Waals surface area contributed by atoms with Crippen LogP contribution in [0.25, 0.3) is 0 Å².